The van der Waals surface area contributed by atoms with Crippen molar-refractivity contribution in [3.8, 4) is 11.5 Å². The molecule has 2 aromatic carbocycles. The van der Waals surface area contributed by atoms with E-state index in [9.17, 15) is 9.59 Å². The first-order chi connectivity index (χ1) is 13.6. The van der Waals surface area contributed by atoms with E-state index in [4.69, 9.17) is 9.47 Å². The van der Waals surface area contributed by atoms with Crippen LogP contribution in [0.4, 0.5) is 5.69 Å². The summed E-state index contributed by atoms with van der Waals surface area (Å²) in [6.45, 7) is 2.34. The number of nitrogens with zero attached hydrogens (tertiary/aromatic N) is 1. The van der Waals surface area contributed by atoms with E-state index in [-0.39, 0.29) is 24.5 Å². The number of nitrogens with one attached hydrogen (secondary N) is 1. The minimum Gasteiger partial charge on any atom is -0.454 e. The lowest BCUT2D eigenvalue weighted by Crippen LogP contribution is -2.49. The van der Waals surface area contributed by atoms with Gasteiger partial charge in [0.05, 0.1) is 6.54 Å². The molecule has 1 atom stereocenters. The van der Waals surface area contributed by atoms with Crippen LogP contribution in [0.1, 0.15) is 31.7 Å². The van der Waals surface area contributed by atoms with Gasteiger partial charge in [0, 0.05) is 11.6 Å². The predicted molar refractivity (Wildman–Crippen MR) is 105 cm³/mol. The van der Waals surface area contributed by atoms with Gasteiger partial charge in [0.1, 0.15) is 6.04 Å². The smallest absolute Gasteiger partial charge is 0.249 e. The number of carbonyl (C=O) groups excluding carboxylic acids is 2. The number of fused-ring (bicyclic) bond motifs is 1. The molecule has 28 heavy (non-hydrogen) atoms. The molecule has 2 aliphatic rings. The molecule has 1 N–H and O–H groups in total. The Balaban J connectivity index is 1.53. The van der Waals surface area contributed by atoms with Crippen LogP contribution in [0.5, 0.6) is 11.5 Å². The number of hydrogen-bond acceptors (Lipinski definition) is 4. The number of rotatable bonds is 6. The maximum Gasteiger partial charge on any atom is 0.249 e. The Bertz CT molecular complexity index is 864. The molecule has 1 aliphatic heterocycles. The summed E-state index contributed by atoms with van der Waals surface area (Å²) < 4.78 is 10.8. The molecule has 2 aromatic rings. The third kappa shape index (κ3) is 3.81. The van der Waals surface area contributed by atoms with Gasteiger partial charge in [-0.3, -0.25) is 9.59 Å². The Morgan fingerprint density at radius 3 is 2.57 bits per heavy atom. The van der Waals surface area contributed by atoms with Crippen LogP contribution in [-0.2, 0) is 16.1 Å². The Morgan fingerprint density at radius 1 is 1.11 bits per heavy atom. The Kier molecular flexibility index (Phi) is 5.19. The summed E-state index contributed by atoms with van der Waals surface area (Å²) in [5, 5.41) is 2.88. The summed E-state index contributed by atoms with van der Waals surface area (Å²) in [6.07, 6.45) is 2.90. The van der Waals surface area contributed by atoms with E-state index in [1.165, 1.54) is 0 Å². The molecule has 0 saturated heterocycles. The number of hydrogen-bond donors (Lipinski definition) is 1. The molecule has 1 fully saturated rings. The highest BCUT2D eigenvalue weighted by molar-refractivity contribution is 5.99. The molecular formula is C22H24N2O4. The van der Waals surface area contributed by atoms with Crippen LogP contribution in [0, 0.1) is 5.92 Å². The quantitative estimate of drug-likeness (QED) is 0.835. The summed E-state index contributed by atoms with van der Waals surface area (Å²) in [5.74, 6) is 1.28. The molecule has 4 rings (SSSR count). The van der Waals surface area contributed by atoms with Gasteiger partial charge in [0.2, 0.25) is 18.6 Å². The number of amides is 2. The monoisotopic (exact) mass is 380 g/mol. The van der Waals surface area contributed by atoms with Crippen LogP contribution in [0.3, 0.4) is 0 Å². The highest BCUT2D eigenvalue weighted by Crippen LogP contribution is 2.33. The third-order valence-electron chi connectivity index (χ3n) is 5.32. The topological polar surface area (TPSA) is 67.9 Å². The van der Waals surface area contributed by atoms with E-state index in [2.05, 4.69) is 5.32 Å². The van der Waals surface area contributed by atoms with Crippen LogP contribution in [0.15, 0.2) is 48.5 Å². The summed E-state index contributed by atoms with van der Waals surface area (Å²) in [7, 11) is 0. The summed E-state index contributed by atoms with van der Waals surface area (Å²) in [4.78, 5) is 27.2. The maximum absolute atomic E-state index is 13.2. The Hall–Kier alpha value is -3.02. The van der Waals surface area contributed by atoms with E-state index < -0.39 is 6.04 Å². The predicted octanol–water partition coefficient (Wildman–Crippen LogP) is 3.25. The van der Waals surface area contributed by atoms with Crippen LogP contribution < -0.4 is 19.7 Å². The van der Waals surface area contributed by atoms with Crippen LogP contribution in [-0.4, -0.2) is 24.6 Å². The fourth-order valence-electron chi connectivity index (χ4n) is 3.42. The fraction of sp³-hybridized carbons (Fsp3) is 0.364. The molecule has 1 saturated carbocycles. The van der Waals surface area contributed by atoms with Crippen molar-refractivity contribution >= 4 is 17.5 Å². The van der Waals surface area contributed by atoms with Gasteiger partial charge in [-0.15, -0.1) is 0 Å². The lowest BCUT2D eigenvalue weighted by molar-refractivity contribution is -0.131. The fourth-order valence-corrected chi connectivity index (χ4v) is 3.42. The van der Waals surface area contributed by atoms with Gasteiger partial charge < -0.3 is 19.7 Å². The Labute approximate surface area is 164 Å². The first-order valence-electron chi connectivity index (χ1n) is 9.67. The number of ether oxygens (including phenoxy) is 2. The lowest BCUT2D eigenvalue weighted by atomic mass is 9.84. The molecule has 6 nitrogen and oxygen atoms in total. The van der Waals surface area contributed by atoms with Gasteiger partial charge in [0.25, 0.3) is 0 Å². The number of carbonyl (C=O) groups is 2. The largest absolute Gasteiger partial charge is 0.454 e. The second-order valence-corrected chi connectivity index (χ2v) is 7.31. The maximum atomic E-state index is 13.2. The van der Waals surface area contributed by atoms with Gasteiger partial charge >= 0.3 is 0 Å². The van der Waals surface area contributed by atoms with Crippen molar-refractivity contribution in [3.63, 3.8) is 0 Å². The minimum atomic E-state index is -0.595. The van der Waals surface area contributed by atoms with Crippen molar-refractivity contribution in [3.05, 3.63) is 54.1 Å². The molecule has 1 aliphatic carbocycles. The Morgan fingerprint density at radius 2 is 1.86 bits per heavy atom. The first kappa shape index (κ1) is 18.3. The average Bonchev–Trinajstić information content (AvgIpc) is 3.12. The first-order valence-corrected chi connectivity index (χ1v) is 9.67. The van der Waals surface area contributed by atoms with E-state index in [0.717, 1.165) is 30.5 Å². The molecular weight excluding hydrogens is 356 g/mol. The zero-order valence-electron chi connectivity index (χ0n) is 15.9. The molecule has 0 bridgehead atoms. The third-order valence-corrected chi connectivity index (χ3v) is 5.32. The minimum absolute atomic E-state index is 0.0248. The van der Waals surface area contributed by atoms with Gasteiger partial charge in [-0.05, 0) is 49.6 Å². The molecule has 0 spiro atoms. The van der Waals surface area contributed by atoms with E-state index in [0.29, 0.717) is 18.0 Å². The van der Waals surface area contributed by atoms with Gasteiger partial charge in [0.15, 0.2) is 11.5 Å². The zero-order valence-corrected chi connectivity index (χ0v) is 15.9. The average molecular weight is 380 g/mol. The van der Waals surface area contributed by atoms with Crippen molar-refractivity contribution in [2.24, 2.45) is 5.92 Å². The number of para-hydroxylation sites is 1. The van der Waals surface area contributed by atoms with Crippen molar-refractivity contribution < 1.29 is 19.1 Å². The van der Waals surface area contributed by atoms with Crippen molar-refractivity contribution in [1.29, 1.82) is 0 Å². The number of anilines is 1. The molecule has 2 amide bonds. The van der Waals surface area contributed by atoms with E-state index >= 15 is 0 Å². The molecule has 1 unspecified atom stereocenters. The van der Waals surface area contributed by atoms with Crippen molar-refractivity contribution in [1.82, 2.24) is 5.32 Å². The molecule has 6 heteroatoms. The van der Waals surface area contributed by atoms with Crippen molar-refractivity contribution in [2.45, 2.75) is 38.8 Å². The normalized spacial score (nSPS) is 16.2. The SMILES string of the molecule is CC(NC(=O)C1CCC1)C(=O)N(Cc1ccc2c(c1)OCO2)c1ccccc1. The second kappa shape index (κ2) is 7.92. The van der Waals surface area contributed by atoms with Crippen molar-refractivity contribution in [2.75, 3.05) is 11.7 Å². The standard InChI is InChI=1S/C22H24N2O4/c1-15(23-21(25)17-6-5-7-17)22(26)24(18-8-3-2-4-9-18)13-16-10-11-19-20(12-16)28-14-27-19/h2-4,8-12,15,17H,5-7,13-14H2,1H3,(H,23,25). The summed E-state index contributed by atoms with van der Waals surface area (Å²) in [6, 6.07) is 14.6. The molecule has 1 heterocycles. The molecule has 146 valence electrons. The zero-order chi connectivity index (χ0) is 19.5. The van der Waals surface area contributed by atoms with Crippen LogP contribution in [0.25, 0.3) is 0 Å². The van der Waals surface area contributed by atoms with E-state index in [1.807, 2.05) is 48.5 Å². The van der Waals surface area contributed by atoms with Crippen LogP contribution >= 0.6 is 0 Å². The highest BCUT2D eigenvalue weighted by atomic mass is 16.7. The lowest BCUT2D eigenvalue weighted by Gasteiger charge is -2.29. The number of benzene rings is 2. The summed E-state index contributed by atoms with van der Waals surface area (Å²) in [5.41, 5.74) is 1.72. The second-order valence-electron chi connectivity index (χ2n) is 7.31. The summed E-state index contributed by atoms with van der Waals surface area (Å²) >= 11 is 0. The molecule has 0 aromatic heterocycles. The van der Waals surface area contributed by atoms with E-state index in [1.54, 1.807) is 11.8 Å². The van der Waals surface area contributed by atoms with Gasteiger partial charge in [-0.2, -0.15) is 0 Å². The highest BCUT2D eigenvalue weighted by Gasteiger charge is 2.29. The van der Waals surface area contributed by atoms with Gasteiger partial charge in [-0.25, -0.2) is 0 Å². The van der Waals surface area contributed by atoms with Crippen LogP contribution in [0.2, 0.25) is 0 Å². The molecule has 0 radical (unpaired) electrons. The van der Waals surface area contributed by atoms with Gasteiger partial charge in [-0.1, -0.05) is 30.7 Å².